The van der Waals surface area contributed by atoms with E-state index in [0.717, 1.165) is 0 Å². The Hall–Kier alpha value is 0.136. The van der Waals surface area contributed by atoms with Gasteiger partial charge in [-0.1, -0.05) is 0 Å². The molecule has 0 fully saturated rings. The van der Waals surface area contributed by atoms with Crippen LogP contribution in [0.3, 0.4) is 0 Å². The number of esters is 1. The molecule has 0 saturated carbocycles. The summed E-state index contributed by atoms with van der Waals surface area (Å²) in [5.74, 6) is -1.88. The molecule has 0 heterocycles. The maximum atomic E-state index is 10.4. The van der Waals surface area contributed by atoms with Crippen LogP contribution in [0, 0.1) is 6.57 Å². The van der Waals surface area contributed by atoms with Crippen molar-refractivity contribution in [2.75, 3.05) is 6.61 Å². The van der Waals surface area contributed by atoms with Crippen LogP contribution >= 0.6 is 0 Å². The van der Waals surface area contributed by atoms with Gasteiger partial charge in [0.15, 0.2) is 6.20 Å². The minimum atomic E-state index is -0.974. The molecule has 54 valence electrons. The first-order valence-corrected chi connectivity index (χ1v) is 2.63. The molecular formula is C6H6KNO3. The summed E-state index contributed by atoms with van der Waals surface area (Å²) in [7, 11) is 0. The summed E-state index contributed by atoms with van der Waals surface area (Å²) in [4.78, 5) is 13.0. The average molecular weight is 179 g/mol. The van der Waals surface area contributed by atoms with Crippen molar-refractivity contribution in [2.45, 2.75) is 6.92 Å². The third-order valence-electron chi connectivity index (χ3n) is 0.658. The summed E-state index contributed by atoms with van der Waals surface area (Å²) in [5.41, 5.74) is 0. The van der Waals surface area contributed by atoms with Crippen LogP contribution in [0.4, 0.5) is 0 Å². The van der Waals surface area contributed by atoms with Crippen molar-refractivity contribution in [1.29, 1.82) is 0 Å². The van der Waals surface area contributed by atoms with E-state index in [1.54, 1.807) is 6.92 Å². The van der Waals surface area contributed by atoms with Crippen molar-refractivity contribution in [3.8, 4) is 0 Å². The number of carbonyl (C=O) groups is 1. The van der Waals surface area contributed by atoms with Gasteiger partial charge in [-0.15, -0.1) is 0 Å². The van der Waals surface area contributed by atoms with E-state index in [1.165, 1.54) is 0 Å². The van der Waals surface area contributed by atoms with E-state index in [1.807, 2.05) is 0 Å². The van der Waals surface area contributed by atoms with Gasteiger partial charge < -0.3 is 9.84 Å². The van der Waals surface area contributed by atoms with Crippen molar-refractivity contribution in [3.05, 3.63) is 23.4 Å². The Morgan fingerprint density at radius 3 is 2.73 bits per heavy atom. The average Bonchev–Trinajstić information content (AvgIpc) is 1.89. The number of carbonyl (C=O) groups excluding carboxylic acids is 1. The molecule has 0 aromatic carbocycles. The molecule has 11 heavy (non-hydrogen) atoms. The van der Waals surface area contributed by atoms with Gasteiger partial charge in [0, 0.05) is 0 Å². The van der Waals surface area contributed by atoms with Crippen molar-refractivity contribution < 1.29 is 66.0 Å². The van der Waals surface area contributed by atoms with Crippen LogP contribution in [0.15, 0.2) is 12.0 Å². The molecule has 0 unspecified atom stereocenters. The maximum absolute atomic E-state index is 10.4. The van der Waals surface area contributed by atoms with Crippen LogP contribution in [0.1, 0.15) is 6.92 Å². The second kappa shape index (κ2) is 8.24. The van der Waals surface area contributed by atoms with Gasteiger partial charge in [-0.2, -0.15) is 0 Å². The zero-order valence-corrected chi connectivity index (χ0v) is 9.58. The summed E-state index contributed by atoms with van der Waals surface area (Å²) in [6.45, 7) is 7.93. The summed E-state index contributed by atoms with van der Waals surface area (Å²) in [6, 6.07) is 0. The molecule has 5 heteroatoms. The Morgan fingerprint density at radius 2 is 2.36 bits per heavy atom. The molecule has 0 aromatic heterocycles. The Labute approximate surface area is 107 Å². The fourth-order valence-corrected chi connectivity index (χ4v) is 0.314. The maximum Gasteiger partial charge on any atom is 1.00 e. The molecule has 0 radical (unpaired) electrons. The number of hydrogen-bond acceptors (Lipinski definition) is 3. The Morgan fingerprint density at radius 1 is 1.82 bits per heavy atom. The summed E-state index contributed by atoms with van der Waals surface area (Å²) >= 11 is 0. The van der Waals surface area contributed by atoms with Gasteiger partial charge >= 0.3 is 57.4 Å². The van der Waals surface area contributed by atoms with E-state index in [-0.39, 0.29) is 58.0 Å². The van der Waals surface area contributed by atoms with Gasteiger partial charge in [0.25, 0.3) is 0 Å². The summed E-state index contributed by atoms with van der Waals surface area (Å²) in [5, 5.41) is 10.4. The molecular weight excluding hydrogens is 173 g/mol. The molecule has 4 nitrogen and oxygen atoms in total. The molecule has 0 amide bonds. The summed E-state index contributed by atoms with van der Waals surface area (Å²) < 4.78 is 4.29. The molecule has 0 saturated heterocycles. The topological polar surface area (TPSA) is 53.7 Å². The normalized spacial score (nSPS) is 9.27. The Balaban J connectivity index is 0. The fourth-order valence-electron chi connectivity index (χ4n) is 0.314. The van der Waals surface area contributed by atoms with Crippen molar-refractivity contribution in [1.82, 2.24) is 0 Å². The number of hydrogen-bond donors (Lipinski definition) is 0. The fraction of sp³-hybridized carbons (Fsp3) is 0.333. The van der Waals surface area contributed by atoms with E-state index in [2.05, 4.69) is 9.58 Å². The van der Waals surface area contributed by atoms with E-state index >= 15 is 0 Å². The third kappa shape index (κ3) is 6.53. The van der Waals surface area contributed by atoms with Crippen LogP contribution in [0.25, 0.3) is 4.85 Å². The molecule has 0 rings (SSSR count). The van der Waals surface area contributed by atoms with Gasteiger partial charge in [-0.3, -0.25) is 0 Å². The second-order valence-electron chi connectivity index (χ2n) is 1.34. The van der Waals surface area contributed by atoms with Gasteiger partial charge in [-0.05, 0) is 12.7 Å². The minimum absolute atomic E-state index is 0. The second-order valence-corrected chi connectivity index (χ2v) is 1.34. The van der Waals surface area contributed by atoms with Crippen LogP contribution in [-0.2, 0) is 9.53 Å². The molecule has 0 aliphatic heterocycles. The molecule has 0 bridgehead atoms. The van der Waals surface area contributed by atoms with Gasteiger partial charge in [0.1, 0.15) is 0 Å². The first-order chi connectivity index (χ1) is 4.72. The number of rotatable bonds is 2. The minimum Gasteiger partial charge on any atom is -0.877 e. The van der Waals surface area contributed by atoms with Crippen LogP contribution < -0.4 is 56.5 Å². The quantitative estimate of drug-likeness (QED) is 0.146. The monoisotopic (exact) mass is 179 g/mol. The Bertz CT molecular complexity index is 194. The molecule has 0 N–H and O–H groups in total. The smallest absolute Gasteiger partial charge is 0.877 e. The van der Waals surface area contributed by atoms with Gasteiger partial charge in [-0.25, -0.2) is 9.64 Å². The van der Waals surface area contributed by atoms with E-state index in [9.17, 15) is 9.90 Å². The zero-order chi connectivity index (χ0) is 7.98. The largest absolute Gasteiger partial charge is 1.00 e. The SMILES string of the molecule is [C-]#[N+]C=C([O-])C(=O)OCC.[K+]. The zero-order valence-electron chi connectivity index (χ0n) is 6.46. The van der Waals surface area contributed by atoms with Crippen LogP contribution in [0.2, 0.25) is 0 Å². The summed E-state index contributed by atoms with van der Waals surface area (Å²) in [6.07, 6.45) is 0.595. The molecule has 0 aromatic rings. The molecule has 0 atom stereocenters. The van der Waals surface area contributed by atoms with Crippen molar-refractivity contribution >= 4 is 5.97 Å². The first-order valence-electron chi connectivity index (χ1n) is 2.63. The van der Waals surface area contributed by atoms with E-state index in [0.29, 0.717) is 6.20 Å². The van der Waals surface area contributed by atoms with Crippen LogP contribution in [-0.4, -0.2) is 12.6 Å². The Kier molecular flexibility index (Phi) is 10.3. The number of nitrogens with zero attached hydrogens (tertiary/aromatic N) is 1. The first kappa shape index (κ1) is 13.7. The van der Waals surface area contributed by atoms with E-state index in [4.69, 9.17) is 6.57 Å². The van der Waals surface area contributed by atoms with Gasteiger partial charge in [0.2, 0.25) is 0 Å². The standard InChI is InChI=1S/C6H7NO3.K/c1-3-10-6(9)5(8)4-7-2;/h4,8H,3H2,1H3;/q;+1/p-1. The third-order valence-corrected chi connectivity index (χ3v) is 0.658. The van der Waals surface area contributed by atoms with Crippen LogP contribution in [0.5, 0.6) is 0 Å². The molecule has 0 spiro atoms. The van der Waals surface area contributed by atoms with Gasteiger partial charge in [0.05, 0.1) is 13.2 Å². The predicted octanol–water partition coefficient (Wildman–Crippen LogP) is -3.33. The number of ether oxygens (including phenoxy) is 1. The molecule has 0 aliphatic rings. The van der Waals surface area contributed by atoms with E-state index < -0.39 is 11.7 Å². The molecule has 0 aliphatic carbocycles. The van der Waals surface area contributed by atoms with Crippen molar-refractivity contribution in [3.63, 3.8) is 0 Å². The predicted molar refractivity (Wildman–Crippen MR) is 31.3 cm³/mol. The van der Waals surface area contributed by atoms with Crippen molar-refractivity contribution in [2.24, 2.45) is 0 Å².